The predicted octanol–water partition coefficient (Wildman–Crippen LogP) is 2.21. The van der Waals surface area contributed by atoms with E-state index in [1.807, 2.05) is 0 Å². The van der Waals surface area contributed by atoms with Crippen LogP contribution in [-0.2, 0) is 0 Å². The summed E-state index contributed by atoms with van der Waals surface area (Å²) in [4.78, 5) is 13.5. The fraction of sp³-hybridized carbons (Fsp3) is 0.231. The van der Waals surface area contributed by atoms with Crippen molar-refractivity contribution < 1.29 is 9.53 Å². The standard InChI is InChI=1S/C13H14ClN3O2/c1-17(13(18)10-8-15-16-9-10)6-7-19-12-4-2-11(14)3-5-12/h2-5,8-9H,6-7H2,1H3,(H,15,16). The van der Waals surface area contributed by atoms with Gasteiger partial charge >= 0.3 is 0 Å². The van der Waals surface area contributed by atoms with E-state index in [0.717, 1.165) is 5.75 Å². The molecule has 2 rings (SSSR count). The average molecular weight is 280 g/mol. The first-order chi connectivity index (χ1) is 9.16. The number of likely N-dealkylation sites (N-methyl/N-ethyl adjacent to an activating group) is 1. The lowest BCUT2D eigenvalue weighted by Crippen LogP contribution is -2.30. The highest BCUT2D eigenvalue weighted by molar-refractivity contribution is 6.30. The zero-order valence-corrected chi connectivity index (χ0v) is 11.2. The molecule has 0 aliphatic rings. The third kappa shape index (κ3) is 3.72. The Hall–Kier alpha value is -2.01. The summed E-state index contributed by atoms with van der Waals surface area (Å²) in [5.74, 6) is 0.641. The normalized spacial score (nSPS) is 10.2. The van der Waals surface area contributed by atoms with Crippen LogP contribution in [0.1, 0.15) is 10.4 Å². The van der Waals surface area contributed by atoms with Crippen molar-refractivity contribution in [3.05, 3.63) is 47.2 Å². The highest BCUT2D eigenvalue weighted by atomic mass is 35.5. The maximum Gasteiger partial charge on any atom is 0.256 e. The summed E-state index contributed by atoms with van der Waals surface area (Å²) in [6, 6.07) is 7.11. The molecule has 1 aromatic carbocycles. The molecule has 0 unspecified atom stereocenters. The lowest BCUT2D eigenvalue weighted by atomic mass is 10.3. The number of H-pyrrole nitrogens is 1. The molecule has 1 amide bonds. The minimum absolute atomic E-state index is 0.0894. The van der Waals surface area contributed by atoms with Gasteiger partial charge in [-0.2, -0.15) is 5.10 Å². The van der Waals surface area contributed by atoms with Gasteiger partial charge in [0, 0.05) is 18.3 Å². The van der Waals surface area contributed by atoms with Gasteiger partial charge in [0.25, 0.3) is 5.91 Å². The number of hydrogen-bond acceptors (Lipinski definition) is 3. The molecule has 0 bridgehead atoms. The van der Waals surface area contributed by atoms with Crippen molar-refractivity contribution >= 4 is 17.5 Å². The number of hydrogen-bond donors (Lipinski definition) is 1. The van der Waals surface area contributed by atoms with Crippen LogP contribution >= 0.6 is 11.6 Å². The Kier molecular flexibility index (Phi) is 4.41. The van der Waals surface area contributed by atoms with Gasteiger partial charge in [-0.15, -0.1) is 0 Å². The SMILES string of the molecule is CN(CCOc1ccc(Cl)cc1)C(=O)c1cn[nH]c1. The average Bonchev–Trinajstić information content (AvgIpc) is 2.94. The molecule has 2 aromatic rings. The van der Waals surface area contributed by atoms with Gasteiger partial charge in [-0.1, -0.05) is 11.6 Å². The molecule has 0 aliphatic heterocycles. The predicted molar refractivity (Wildman–Crippen MR) is 72.5 cm³/mol. The van der Waals surface area contributed by atoms with Crippen LogP contribution in [-0.4, -0.2) is 41.2 Å². The number of benzene rings is 1. The van der Waals surface area contributed by atoms with Gasteiger partial charge in [0.2, 0.25) is 0 Å². The Balaban J connectivity index is 1.79. The topological polar surface area (TPSA) is 58.2 Å². The van der Waals surface area contributed by atoms with E-state index in [9.17, 15) is 4.79 Å². The minimum Gasteiger partial charge on any atom is -0.492 e. The van der Waals surface area contributed by atoms with Crippen molar-refractivity contribution in [3.63, 3.8) is 0 Å². The van der Waals surface area contributed by atoms with Crippen molar-refractivity contribution in [3.8, 4) is 5.75 Å². The van der Waals surface area contributed by atoms with Crippen LogP contribution in [0.25, 0.3) is 0 Å². The second kappa shape index (κ2) is 6.24. The molecule has 1 heterocycles. The fourth-order valence-electron chi connectivity index (χ4n) is 1.52. The van der Waals surface area contributed by atoms with Crippen molar-refractivity contribution in [1.29, 1.82) is 0 Å². The van der Waals surface area contributed by atoms with Gasteiger partial charge in [0.1, 0.15) is 12.4 Å². The number of carbonyl (C=O) groups is 1. The van der Waals surface area contributed by atoms with E-state index >= 15 is 0 Å². The summed E-state index contributed by atoms with van der Waals surface area (Å²) >= 11 is 5.78. The Morgan fingerprint density at radius 1 is 1.42 bits per heavy atom. The monoisotopic (exact) mass is 279 g/mol. The van der Waals surface area contributed by atoms with E-state index in [1.54, 1.807) is 42.4 Å². The molecule has 100 valence electrons. The van der Waals surface area contributed by atoms with Gasteiger partial charge in [-0.25, -0.2) is 0 Å². The number of rotatable bonds is 5. The second-order valence-electron chi connectivity index (χ2n) is 4.02. The van der Waals surface area contributed by atoms with Crippen LogP contribution in [0.4, 0.5) is 0 Å². The quantitative estimate of drug-likeness (QED) is 0.913. The molecule has 19 heavy (non-hydrogen) atoms. The van der Waals surface area contributed by atoms with Crippen LogP contribution < -0.4 is 4.74 Å². The number of nitrogens with zero attached hydrogens (tertiary/aromatic N) is 2. The molecule has 5 nitrogen and oxygen atoms in total. The largest absolute Gasteiger partial charge is 0.492 e. The summed E-state index contributed by atoms with van der Waals surface area (Å²) in [6.07, 6.45) is 3.07. The van der Waals surface area contributed by atoms with Gasteiger partial charge in [0.05, 0.1) is 18.3 Å². The van der Waals surface area contributed by atoms with Crippen molar-refractivity contribution in [2.45, 2.75) is 0 Å². The summed E-state index contributed by atoms with van der Waals surface area (Å²) in [6.45, 7) is 0.911. The van der Waals surface area contributed by atoms with Crippen LogP contribution in [0, 0.1) is 0 Å². The third-order valence-corrected chi connectivity index (χ3v) is 2.85. The number of aromatic amines is 1. The summed E-state index contributed by atoms with van der Waals surface area (Å²) in [7, 11) is 1.72. The fourth-order valence-corrected chi connectivity index (χ4v) is 1.65. The van der Waals surface area contributed by atoms with Crippen LogP contribution in [0.15, 0.2) is 36.7 Å². The maximum atomic E-state index is 11.9. The first kappa shape index (κ1) is 13.4. The lowest BCUT2D eigenvalue weighted by molar-refractivity contribution is 0.0774. The number of aromatic nitrogens is 2. The molecule has 0 atom stereocenters. The molecule has 0 saturated carbocycles. The highest BCUT2D eigenvalue weighted by Gasteiger charge is 2.12. The van der Waals surface area contributed by atoms with E-state index in [1.165, 1.54) is 6.20 Å². The zero-order valence-electron chi connectivity index (χ0n) is 10.5. The maximum absolute atomic E-state index is 11.9. The van der Waals surface area contributed by atoms with E-state index in [-0.39, 0.29) is 5.91 Å². The van der Waals surface area contributed by atoms with E-state index < -0.39 is 0 Å². The third-order valence-electron chi connectivity index (χ3n) is 2.60. The number of ether oxygens (including phenoxy) is 1. The summed E-state index contributed by atoms with van der Waals surface area (Å²) in [5, 5.41) is 7.02. The highest BCUT2D eigenvalue weighted by Crippen LogP contribution is 2.15. The molecule has 0 saturated heterocycles. The van der Waals surface area contributed by atoms with Gasteiger partial charge in [0.15, 0.2) is 0 Å². The number of amides is 1. The lowest BCUT2D eigenvalue weighted by Gasteiger charge is -2.16. The van der Waals surface area contributed by atoms with Crippen LogP contribution in [0.5, 0.6) is 5.75 Å². The molecule has 6 heteroatoms. The number of carbonyl (C=O) groups excluding carboxylic acids is 1. The van der Waals surface area contributed by atoms with Crippen molar-refractivity contribution in [1.82, 2.24) is 15.1 Å². The van der Waals surface area contributed by atoms with Crippen molar-refractivity contribution in [2.75, 3.05) is 20.2 Å². The first-order valence-corrected chi connectivity index (χ1v) is 6.17. The zero-order chi connectivity index (χ0) is 13.7. The van der Waals surface area contributed by atoms with E-state index in [2.05, 4.69) is 10.2 Å². The van der Waals surface area contributed by atoms with E-state index in [4.69, 9.17) is 16.3 Å². The molecule has 1 N–H and O–H groups in total. The van der Waals surface area contributed by atoms with Gasteiger partial charge in [-0.3, -0.25) is 9.89 Å². The summed E-state index contributed by atoms with van der Waals surface area (Å²) in [5.41, 5.74) is 0.536. The molecular weight excluding hydrogens is 266 g/mol. The van der Waals surface area contributed by atoms with Crippen LogP contribution in [0.3, 0.4) is 0 Å². The minimum atomic E-state index is -0.0894. The molecule has 0 fully saturated rings. The molecule has 1 aromatic heterocycles. The summed E-state index contributed by atoms with van der Waals surface area (Å²) < 4.78 is 5.52. The molecule has 0 aliphatic carbocycles. The molecular formula is C13H14ClN3O2. The van der Waals surface area contributed by atoms with Crippen LogP contribution in [0.2, 0.25) is 5.02 Å². The Labute approximate surface area is 116 Å². The second-order valence-corrected chi connectivity index (χ2v) is 4.45. The molecule has 0 spiro atoms. The number of nitrogens with one attached hydrogen (secondary N) is 1. The van der Waals surface area contributed by atoms with E-state index in [0.29, 0.717) is 23.7 Å². The smallest absolute Gasteiger partial charge is 0.256 e. The number of halogens is 1. The molecule has 0 radical (unpaired) electrons. The Bertz CT molecular complexity index is 525. The first-order valence-electron chi connectivity index (χ1n) is 5.79. The van der Waals surface area contributed by atoms with Gasteiger partial charge in [-0.05, 0) is 24.3 Å². The Morgan fingerprint density at radius 3 is 2.79 bits per heavy atom. The van der Waals surface area contributed by atoms with Crippen molar-refractivity contribution in [2.24, 2.45) is 0 Å². The van der Waals surface area contributed by atoms with Gasteiger partial charge < -0.3 is 9.64 Å². The Morgan fingerprint density at radius 2 is 2.16 bits per heavy atom.